The Morgan fingerprint density at radius 1 is 0.558 bits per heavy atom. The average Bonchev–Trinajstić information content (AvgIpc) is 3.03. The molecule has 0 bridgehead atoms. The topological polar surface area (TPSA) is 410 Å². The second-order valence-electron chi connectivity index (χ2n) is 12.2. The summed E-state index contributed by atoms with van der Waals surface area (Å²) in [6, 6.07) is 0. The van der Waals surface area contributed by atoms with Crippen LogP contribution in [0.1, 0.15) is 6.92 Å². The Kier molecular flexibility index (Phi) is 14.6. The molecule has 25 nitrogen and oxygen atoms in total. The molecular weight excluding hydrogens is 784 g/mol. The van der Waals surface area contributed by atoms with E-state index in [-0.39, 0.29) is 0 Å². The van der Waals surface area contributed by atoms with Crippen molar-refractivity contribution in [2.75, 3.05) is 50.8 Å². The third kappa shape index (κ3) is 9.54. The molecule has 0 saturated carbocycles. The molecule has 52 heavy (non-hydrogen) atoms. The summed E-state index contributed by atoms with van der Waals surface area (Å²) in [4.78, 5) is 0. The minimum atomic E-state index is -5.31. The van der Waals surface area contributed by atoms with Crippen LogP contribution in [0, 0.1) is 0 Å². The zero-order chi connectivity index (χ0) is 39.8. The van der Waals surface area contributed by atoms with Crippen LogP contribution < -0.4 is 0 Å². The van der Waals surface area contributed by atoms with E-state index in [1.807, 2.05) is 0 Å². The number of aliphatic hydroxyl groups excluding tert-OH is 10. The molecule has 15 atom stereocenters. The Bertz CT molecular complexity index is 1520. The van der Waals surface area contributed by atoms with Crippen LogP contribution in [0.5, 0.6) is 0 Å². The van der Waals surface area contributed by atoms with Crippen molar-refractivity contribution in [3.05, 3.63) is 0 Å². The number of methoxy groups -OCH3 is 1. The lowest BCUT2D eigenvalue weighted by molar-refractivity contribution is -0.430. The number of rotatable bonds is 16. The Balaban J connectivity index is 2.14. The molecule has 3 fully saturated rings. The monoisotopic (exact) mass is 828 g/mol. The summed E-state index contributed by atoms with van der Waals surface area (Å²) in [5.74, 6) is -14.3. The van der Waals surface area contributed by atoms with Gasteiger partial charge in [0.25, 0.3) is 30.4 Å². The molecule has 3 saturated heterocycles. The summed E-state index contributed by atoms with van der Waals surface area (Å²) in [7, 11) is -14.5. The molecule has 3 aliphatic heterocycles. The summed E-state index contributed by atoms with van der Waals surface area (Å²) >= 11 is 0. The van der Waals surface area contributed by atoms with Crippen LogP contribution >= 0.6 is 0 Å². The molecule has 0 aliphatic carbocycles. The van der Waals surface area contributed by atoms with Crippen LogP contribution in [-0.4, -0.2) is 227 Å². The molecule has 3 heterocycles. The molecule has 0 spiro atoms. The van der Waals surface area contributed by atoms with E-state index in [1.54, 1.807) is 0 Å². The predicted molar refractivity (Wildman–Crippen MR) is 161 cm³/mol. The molecule has 3 rings (SSSR count). The number of aliphatic hydroxyl groups is 10. The van der Waals surface area contributed by atoms with Gasteiger partial charge in [0.1, 0.15) is 90.5 Å². The number of ether oxygens (including phenoxy) is 6. The minimum absolute atomic E-state index is 0.543. The first-order valence-electron chi connectivity index (χ1n) is 15.1. The minimum Gasteiger partial charge on any atom is -0.394 e. The van der Waals surface area contributed by atoms with E-state index in [1.165, 1.54) is 6.92 Å². The molecule has 28 heteroatoms. The first kappa shape index (κ1) is 45.5. The lowest BCUT2D eigenvalue weighted by atomic mass is 9.89. The average molecular weight is 829 g/mol. The molecule has 0 aromatic heterocycles. The SMILES string of the molecule is CCOS(=O)(=O)C[C@]1(O[C@H]2[C@H](O)[C@@H](O)[C@@](CS(=O)(=O)O)(OC)O[C@@H]2CO)O[C@H](CO)[C@@H](O[C@@]2(CS(=O)(=O)O)O[C@H](CO)[C@@H](O)[C@H](O)[C@H]2O)[C@H](O)[C@H]1O. The van der Waals surface area contributed by atoms with Gasteiger partial charge in [-0.15, -0.1) is 0 Å². The van der Waals surface area contributed by atoms with Crippen molar-refractivity contribution in [1.29, 1.82) is 0 Å². The summed E-state index contributed by atoms with van der Waals surface area (Å²) in [6.07, 6.45) is -28.4. The van der Waals surface area contributed by atoms with Crippen molar-refractivity contribution in [3.63, 3.8) is 0 Å². The fraction of sp³-hybridized carbons (Fsp3) is 1.00. The molecule has 0 aromatic carbocycles. The molecular formula is C24H44O25S3. The van der Waals surface area contributed by atoms with Gasteiger partial charge >= 0.3 is 0 Å². The van der Waals surface area contributed by atoms with Gasteiger partial charge in [-0.3, -0.25) is 13.3 Å². The molecule has 3 aliphatic rings. The molecule has 0 radical (unpaired) electrons. The third-order valence-corrected chi connectivity index (χ3v) is 11.4. The van der Waals surface area contributed by atoms with Gasteiger partial charge in [0.2, 0.25) is 17.4 Å². The van der Waals surface area contributed by atoms with Crippen molar-refractivity contribution >= 4 is 30.4 Å². The van der Waals surface area contributed by atoms with Crippen LogP contribution in [0.25, 0.3) is 0 Å². The van der Waals surface area contributed by atoms with Crippen molar-refractivity contribution < 1.29 is 118 Å². The van der Waals surface area contributed by atoms with Crippen molar-refractivity contribution in [3.8, 4) is 0 Å². The fourth-order valence-corrected chi connectivity index (χ4v) is 9.10. The molecule has 0 amide bonds. The zero-order valence-electron chi connectivity index (χ0n) is 27.3. The van der Waals surface area contributed by atoms with Gasteiger partial charge in [-0.2, -0.15) is 25.3 Å². The molecule has 0 aromatic rings. The first-order valence-corrected chi connectivity index (χ1v) is 19.9. The van der Waals surface area contributed by atoms with E-state index < -0.39 is 165 Å². The van der Waals surface area contributed by atoms with Crippen molar-refractivity contribution in [1.82, 2.24) is 0 Å². The van der Waals surface area contributed by atoms with Crippen LogP contribution in [0.4, 0.5) is 0 Å². The first-order chi connectivity index (χ1) is 23.8. The normalized spacial score (nSPS) is 43.7. The highest BCUT2D eigenvalue weighted by Gasteiger charge is 2.65. The van der Waals surface area contributed by atoms with E-state index in [9.17, 15) is 85.4 Å². The second kappa shape index (κ2) is 16.7. The maximum atomic E-state index is 13.0. The van der Waals surface area contributed by atoms with E-state index in [4.69, 9.17) is 28.4 Å². The highest BCUT2D eigenvalue weighted by Crippen LogP contribution is 2.43. The Hall–Kier alpha value is -0.910. The van der Waals surface area contributed by atoms with Gasteiger partial charge in [0.05, 0.1) is 26.4 Å². The standard InChI is InChI=1S/C24H44O25S3/c1-3-44-52(41,42)9-24(49-17-11(5-26)46-22(43-2,7-50(35,36)37)20(33)15(17)30)21(34)16(31)18(12(6-27)47-24)48-23(8-51(38,39)40)19(32)14(29)13(28)10(4-25)45-23/h10-21,25-34H,3-9H2,1-2H3,(H,35,36,37)(H,38,39,40)/t10-,11-,12-,13-,14+,15+,16+,17-,18-,19-,20-,21-,22+,23-,24-/m1/s1. The second-order valence-corrected chi connectivity index (χ2v) is 16.7. The van der Waals surface area contributed by atoms with Gasteiger partial charge in [-0.05, 0) is 6.92 Å². The highest BCUT2D eigenvalue weighted by molar-refractivity contribution is 7.86. The Morgan fingerprint density at radius 2 is 0.923 bits per heavy atom. The van der Waals surface area contributed by atoms with Gasteiger partial charge in [-0.1, -0.05) is 0 Å². The lowest BCUT2D eigenvalue weighted by Crippen LogP contribution is -2.75. The van der Waals surface area contributed by atoms with Gasteiger partial charge < -0.3 is 79.5 Å². The summed E-state index contributed by atoms with van der Waals surface area (Å²) < 4.78 is 129. The van der Waals surface area contributed by atoms with Gasteiger partial charge in [0.15, 0.2) is 0 Å². The van der Waals surface area contributed by atoms with E-state index >= 15 is 0 Å². The molecule has 308 valence electrons. The highest BCUT2D eigenvalue weighted by atomic mass is 32.2. The maximum Gasteiger partial charge on any atom is 0.272 e. The van der Waals surface area contributed by atoms with Crippen LogP contribution in [-0.2, 0) is 63.0 Å². The van der Waals surface area contributed by atoms with E-state index in [2.05, 4.69) is 4.18 Å². The summed E-state index contributed by atoms with van der Waals surface area (Å²) in [5.41, 5.74) is 0. The zero-order valence-corrected chi connectivity index (χ0v) is 29.7. The van der Waals surface area contributed by atoms with Gasteiger partial charge in [-0.25, -0.2) is 0 Å². The third-order valence-electron chi connectivity index (χ3n) is 8.51. The lowest BCUT2D eigenvalue weighted by Gasteiger charge is -2.55. The molecule has 0 unspecified atom stereocenters. The van der Waals surface area contributed by atoms with Gasteiger partial charge in [0, 0.05) is 7.11 Å². The van der Waals surface area contributed by atoms with Crippen LogP contribution in [0.15, 0.2) is 0 Å². The maximum absolute atomic E-state index is 13.0. The summed E-state index contributed by atoms with van der Waals surface area (Å²) in [6.45, 7) is -3.12. The quantitative estimate of drug-likeness (QED) is 0.0507. The van der Waals surface area contributed by atoms with Crippen molar-refractivity contribution in [2.24, 2.45) is 0 Å². The predicted octanol–water partition coefficient (Wildman–Crippen LogP) is -8.67. The van der Waals surface area contributed by atoms with Crippen LogP contribution in [0.2, 0.25) is 0 Å². The van der Waals surface area contributed by atoms with E-state index in [0.29, 0.717) is 0 Å². The number of hydrogen-bond donors (Lipinski definition) is 12. The Morgan fingerprint density at radius 3 is 1.33 bits per heavy atom. The van der Waals surface area contributed by atoms with Crippen molar-refractivity contribution in [2.45, 2.75) is 97.5 Å². The van der Waals surface area contributed by atoms with Crippen LogP contribution in [0.3, 0.4) is 0 Å². The smallest absolute Gasteiger partial charge is 0.272 e. The number of hydrogen-bond acceptors (Lipinski definition) is 23. The largest absolute Gasteiger partial charge is 0.394 e. The Labute approximate surface area is 296 Å². The van der Waals surface area contributed by atoms with E-state index in [0.717, 1.165) is 7.11 Å². The fourth-order valence-electron chi connectivity index (χ4n) is 6.17. The molecule has 12 N–H and O–H groups in total. The summed E-state index contributed by atoms with van der Waals surface area (Å²) in [5, 5.41) is 106.